The second-order valence-corrected chi connectivity index (χ2v) is 5.63. The summed E-state index contributed by atoms with van der Waals surface area (Å²) in [6.07, 6.45) is -9.90. The average molecular weight is 432 g/mol. The van der Waals surface area contributed by atoms with E-state index < -0.39 is 44.9 Å². The van der Waals surface area contributed by atoms with Crippen molar-refractivity contribution < 1.29 is 56.2 Å². The van der Waals surface area contributed by atoms with E-state index in [0.717, 1.165) is 0 Å². The first-order chi connectivity index (χ1) is 13.7. The molecular weight excluding hydrogens is 408 g/mol. The Hall–Kier alpha value is -1.70. The van der Waals surface area contributed by atoms with Crippen LogP contribution in [0.2, 0.25) is 0 Å². The molecule has 0 heterocycles. The number of halogens is 4. The molecule has 12 heteroatoms. The lowest BCUT2D eigenvalue weighted by Gasteiger charge is -2.24. The molecule has 0 saturated heterocycles. The first-order valence-electron chi connectivity index (χ1n) is 8.42. The summed E-state index contributed by atoms with van der Waals surface area (Å²) in [6.45, 7) is -4.97. The van der Waals surface area contributed by atoms with E-state index >= 15 is 0 Å². The Bertz CT molecular complexity index is 559. The number of benzene rings is 1. The molecule has 1 atom stereocenters. The number of aliphatic hydroxyl groups is 2. The Morgan fingerprint density at radius 1 is 0.897 bits per heavy atom. The number of alkyl halides is 4. The zero-order valence-electron chi connectivity index (χ0n) is 15.7. The first kappa shape index (κ1) is 25.3. The third kappa shape index (κ3) is 11.8. The second kappa shape index (κ2) is 12.8. The van der Waals surface area contributed by atoms with Gasteiger partial charge in [0.25, 0.3) is 0 Å². The highest BCUT2D eigenvalue weighted by Crippen LogP contribution is 2.27. The maximum Gasteiger partial charge on any atom is 0.383 e. The summed E-state index contributed by atoms with van der Waals surface area (Å²) in [5.74, 6) is 1.00. The molecule has 0 fully saturated rings. The molecule has 0 aliphatic carbocycles. The predicted molar refractivity (Wildman–Crippen MR) is 90.2 cm³/mol. The highest BCUT2D eigenvalue weighted by Gasteiger charge is 2.44. The molecule has 1 unspecified atom stereocenters. The van der Waals surface area contributed by atoms with Crippen molar-refractivity contribution in [3.8, 4) is 11.5 Å². The summed E-state index contributed by atoms with van der Waals surface area (Å²) in [5.41, 5.74) is 0. The van der Waals surface area contributed by atoms with Gasteiger partial charge >= 0.3 is 12.2 Å². The monoisotopic (exact) mass is 432 g/mol. The summed E-state index contributed by atoms with van der Waals surface area (Å²) in [5, 5.41) is 18.1. The molecule has 1 aromatic rings. The number of rotatable bonds is 16. The highest BCUT2D eigenvalue weighted by atomic mass is 19.3. The van der Waals surface area contributed by atoms with Crippen LogP contribution in [0.15, 0.2) is 24.3 Å². The lowest BCUT2D eigenvalue weighted by molar-refractivity contribution is -0.396. The van der Waals surface area contributed by atoms with Crippen LogP contribution < -0.4 is 9.47 Å². The third-order valence-corrected chi connectivity index (χ3v) is 3.05. The molecule has 168 valence electrons. The molecule has 0 bridgehead atoms. The molecule has 1 rings (SSSR count). The normalized spacial score (nSPS) is 13.3. The molecule has 0 saturated carbocycles. The Balaban J connectivity index is 2.25. The standard InChI is InChI=1S/C17H24F4O8/c1-24-14-2-4-15(5-3-14)28-9-13(23)8-26-10-16(18,19)29-17(20,21)11-27-12-25-7-6-22/h2-5,13,22-23H,6-12H2,1H3. The van der Waals surface area contributed by atoms with Crippen LogP contribution in [0.4, 0.5) is 17.6 Å². The van der Waals surface area contributed by atoms with Gasteiger partial charge in [-0.3, -0.25) is 4.74 Å². The Morgan fingerprint density at radius 2 is 1.48 bits per heavy atom. The molecular formula is C17H24F4O8. The van der Waals surface area contributed by atoms with Gasteiger partial charge in [0.2, 0.25) is 0 Å². The molecule has 0 aliphatic rings. The number of methoxy groups -OCH3 is 1. The molecule has 0 amide bonds. The van der Waals surface area contributed by atoms with Gasteiger partial charge in [-0.2, -0.15) is 17.6 Å². The lowest BCUT2D eigenvalue weighted by atomic mass is 10.3. The van der Waals surface area contributed by atoms with Crippen molar-refractivity contribution in [2.75, 3.05) is 53.5 Å². The minimum atomic E-state index is -4.32. The topological polar surface area (TPSA) is 95.8 Å². The molecule has 2 N–H and O–H groups in total. The molecule has 0 aliphatic heterocycles. The number of aliphatic hydroxyl groups excluding tert-OH is 2. The van der Waals surface area contributed by atoms with Crippen molar-refractivity contribution in [1.82, 2.24) is 0 Å². The fourth-order valence-corrected chi connectivity index (χ4v) is 1.85. The van der Waals surface area contributed by atoms with Gasteiger partial charge in [-0.1, -0.05) is 0 Å². The molecule has 0 spiro atoms. The van der Waals surface area contributed by atoms with Gasteiger partial charge in [0.05, 0.1) is 26.9 Å². The van der Waals surface area contributed by atoms with E-state index in [4.69, 9.17) is 14.6 Å². The minimum absolute atomic E-state index is 0.152. The van der Waals surface area contributed by atoms with Gasteiger partial charge in [0.1, 0.15) is 44.2 Å². The van der Waals surface area contributed by atoms with E-state index in [1.165, 1.54) is 7.11 Å². The van der Waals surface area contributed by atoms with Crippen LogP contribution >= 0.6 is 0 Å². The van der Waals surface area contributed by atoms with Crippen LogP contribution in [-0.4, -0.2) is 82.1 Å². The van der Waals surface area contributed by atoms with Crippen molar-refractivity contribution in [2.24, 2.45) is 0 Å². The van der Waals surface area contributed by atoms with Crippen molar-refractivity contribution in [3.05, 3.63) is 24.3 Å². The minimum Gasteiger partial charge on any atom is -0.497 e. The first-order valence-corrected chi connectivity index (χ1v) is 8.42. The number of hydrogen-bond acceptors (Lipinski definition) is 8. The van der Waals surface area contributed by atoms with E-state index in [1.807, 2.05) is 0 Å². The van der Waals surface area contributed by atoms with Crippen molar-refractivity contribution >= 4 is 0 Å². The third-order valence-electron chi connectivity index (χ3n) is 3.05. The highest BCUT2D eigenvalue weighted by molar-refractivity contribution is 5.31. The van der Waals surface area contributed by atoms with Gasteiger partial charge in [-0.05, 0) is 24.3 Å². The molecule has 1 aromatic carbocycles. The fraction of sp³-hybridized carbons (Fsp3) is 0.647. The van der Waals surface area contributed by atoms with Crippen molar-refractivity contribution in [2.45, 2.75) is 18.3 Å². The van der Waals surface area contributed by atoms with Crippen molar-refractivity contribution in [1.29, 1.82) is 0 Å². The van der Waals surface area contributed by atoms with E-state index in [2.05, 4.69) is 18.9 Å². The Kier molecular flexibility index (Phi) is 11.2. The molecule has 8 nitrogen and oxygen atoms in total. The van der Waals surface area contributed by atoms with Gasteiger partial charge < -0.3 is 33.9 Å². The summed E-state index contributed by atoms with van der Waals surface area (Å²) in [7, 11) is 1.49. The zero-order chi connectivity index (χ0) is 21.8. The van der Waals surface area contributed by atoms with Crippen molar-refractivity contribution in [3.63, 3.8) is 0 Å². The van der Waals surface area contributed by atoms with Crippen LogP contribution in [0.5, 0.6) is 11.5 Å². The zero-order valence-corrected chi connectivity index (χ0v) is 15.7. The largest absolute Gasteiger partial charge is 0.497 e. The molecule has 0 radical (unpaired) electrons. The number of ether oxygens (including phenoxy) is 6. The molecule has 0 aromatic heterocycles. The second-order valence-electron chi connectivity index (χ2n) is 5.63. The van der Waals surface area contributed by atoms with Crippen LogP contribution in [0.1, 0.15) is 0 Å². The lowest BCUT2D eigenvalue weighted by Crippen LogP contribution is -2.40. The van der Waals surface area contributed by atoms with Crippen LogP contribution in [-0.2, 0) is 18.9 Å². The van der Waals surface area contributed by atoms with Crippen LogP contribution in [0, 0.1) is 0 Å². The maximum absolute atomic E-state index is 13.5. The van der Waals surface area contributed by atoms with Crippen LogP contribution in [0.25, 0.3) is 0 Å². The average Bonchev–Trinajstić information content (AvgIpc) is 2.65. The summed E-state index contributed by atoms with van der Waals surface area (Å²) in [4.78, 5) is 0. The summed E-state index contributed by atoms with van der Waals surface area (Å²) in [6, 6.07) is 6.40. The van der Waals surface area contributed by atoms with Crippen LogP contribution in [0.3, 0.4) is 0 Å². The Morgan fingerprint density at radius 3 is 2.07 bits per heavy atom. The smallest absolute Gasteiger partial charge is 0.383 e. The van der Waals surface area contributed by atoms with E-state index in [-0.39, 0.29) is 19.8 Å². The van der Waals surface area contributed by atoms with Gasteiger partial charge in [0, 0.05) is 0 Å². The maximum atomic E-state index is 13.5. The fourth-order valence-electron chi connectivity index (χ4n) is 1.85. The Labute approximate surface area is 164 Å². The molecule has 29 heavy (non-hydrogen) atoms. The van der Waals surface area contributed by atoms with E-state index in [0.29, 0.717) is 11.5 Å². The SMILES string of the molecule is COc1ccc(OCC(O)COCC(F)(F)OC(F)(F)COCOCCO)cc1. The summed E-state index contributed by atoms with van der Waals surface area (Å²) < 4.78 is 80.6. The van der Waals surface area contributed by atoms with E-state index in [1.54, 1.807) is 24.3 Å². The predicted octanol–water partition coefficient (Wildman–Crippen LogP) is 1.64. The summed E-state index contributed by atoms with van der Waals surface area (Å²) >= 11 is 0. The number of hydrogen-bond donors (Lipinski definition) is 2. The van der Waals surface area contributed by atoms with Gasteiger partial charge in [-0.25, -0.2) is 0 Å². The quantitative estimate of drug-likeness (QED) is 0.231. The van der Waals surface area contributed by atoms with Gasteiger partial charge in [-0.15, -0.1) is 0 Å². The van der Waals surface area contributed by atoms with Gasteiger partial charge in [0.15, 0.2) is 0 Å². The van der Waals surface area contributed by atoms with E-state index in [9.17, 15) is 22.7 Å².